The van der Waals surface area contributed by atoms with Crippen molar-refractivity contribution in [2.75, 3.05) is 11.9 Å². The van der Waals surface area contributed by atoms with Crippen molar-refractivity contribution in [1.82, 2.24) is 10.2 Å². The first-order chi connectivity index (χ1) is 12.9. The Morgan fingerprint density at radius 3 is 2.46 bits per heavy atom. The van der Waals surface area contributed by atoms with Gasteiger partial charge in [-0.3, -0.25) is 0 Å². The molecule has 0 fully saturated rings. The van der Waals surface area contributed by atoms with Crippen LogP contribution in [-0.2, 0) is 10.0 Å². The van der Waals surface area contributed by atoms with Gasteiger partial charge >= 0.3 is 5.51 Å². The molecular weight excluding hydrogens is 417 g/mol. The molecule has 1 aromatic heterocycles. The number of anilines is 1. The van der Waals surface area contributed by atoms with Crippen LogP contribution in [0.3, 0.4) is 0 Å². The summed E-state index contributed by atoms with van der Waals surface area (Å²) < 4.78 is 64.6. The van der Waals surface area contributed by atoms with E-state index in [-0.39, 0.29) is 22.8 Å². The van der Waals surface area contributed by atoms with E-state index in [9.17, 15) is 21.6 Å². The third kappa shape index (κ3) is 3.68. The van der Waals surface area contributed by atoms with Crippen molar-refractivity contribution in [3.05, 3.63) is 27.4 Å². The largest absolute Gasteiger partial charge is 0.568 e. The van der Waals surface area contributed by atoms with Crippen LogP contribution >= 0.6 is 11.3 Å². The van der Waals surface area contributed by atoms with Crippen LogP contribution < -0.4 is 4.90 Å². The van der Waals surface area contributed by atoms with Crippen LogP contribution in [0.4, 0.5) is 35.4 Å². The zero-order chi connectivity index (χ0) is 20.9. The molecule has 0 radical (unpaired) electrons. The zero-order valence-electron chi connectivity index (χ0n) is 15.3. The highest BCUT2D eigenvalue weighted by molar-refractivity contribution is 7.95. The molecule has 1 aliphatic rings. The molecule has 28 heavy (non-hydrogen) atoms. The Kier molecular flexibility index (Phi) is 5.08. The van der Waals surface area contributed by atoms with Gasteiger partial charge in [-0.05, 0) is 25.5 Å². The van der Waals surface area contributed by atoms with E-state index in [4.69, 9.17) is 0 Å². The van der Waals surface area contributed by atoms with E-state index in [1.54, 1.807) is 14.0 Å². The van der Waals surface area contributed by atoms with Crippen molar-refractivity contribution < 1.29 is 21.6 Å². The number of aromatic nitrogens is 2. The second-order valence-electron chi connectivity index (χ2n) is 6.36. The van der Waals surface area contributed by atoms with E-state index in [1.165, 1.54) is 12.1 Å². The van der Waals surface area contributed by atoms with Crippen LogP contribution in [0.25, 0.3) is 4.72 Å². The average molecular weight is 433 g/mol. The number of rotatable bonds is 4. The van der Waals surface area contributed by atoms with E-state index in [2.05, 4.69) is 25.1 Å². The Balaban J connectivity index is 2.09. The molecule has 0 saturated carbocycles. The fourth-order valence-electron chi connectivity index (χ4n) is 2.82. The summed E-state index contributed by atoms with van der Waals surface area (Å²) in [4.78, 5) is 1.86. The molecule has 3 rings (SSSR count). The van der Waals surface area contributed by atoms with Crippen molar-refractivity contribution in [2.45, 2.75) is 38.2 Å². The predicted molar refractivity (Wildman–Crippen MR) is 99.5 cm³/mol. The summed E-state index contributed by atoms with van der Waals surface area (Å²) >= 11 is 1.14. The molecule has 1 aromatic carbocycles. The Morgan fingerprint density at radius 1 is 1.21 bits per heavy atom. The lowest BCUT2D eigenvalue weighted by Crippen LogP contribution is -2.25. The van der Waals surface area contributed by atoms with Gasteiger partial charge in [0, 0.05) is 24.7 Å². The van der Waals surface area contributed by atoms with Gasteiger partial charge in [0.25, 0.3) is 5.13 Å². The zero-order valence-corrected chi connectivity index (χ0v) is 16.9. The maximum Gasteiger partial charge on any atom is 0.483 e. The van der Waals surface area contributed by atoms with Crippen molar-refractivity contribution in [3.63, 3.8) is 0 Å². The van der Waals surface area contributed by atoms with Crippen LogP contribution in [0, 0.1) is 6.92 Å². The van der Waals surface area contributed by atoms with Crippen LogP contribution in [0.1, 0.15) is 30.3 Å². The predicted octanol–water partition coefficient (Wildman–Crippen LogP) is 5.06. The Hall–Kier alpha value is -2.28. The molecule has 0 N–H and O–H groups in total. The summed E-state index contributed by atoms with van der Waals surface area (Å²) in [5.74, 6) is 0.0611. The second kappa shape index (κ2) is 6.95. The summed E-state index contributed by atoms with van der Waals surface area (Å²) in [5.41, 5.74) is -4.62. The molecule has 1 aliphatic heterocycles. The molecule has 2 atom stereocenters. The molecule has 8 nitrogen and oxygen atoms in total. The first kappa shape index (κ1) is 20.5. The number of azo groups is 1. The smallest absolute Gasteiger partial charge is 0.483 e. The van der Waals surface area contributed by atoms with E-state index in [0.717, 1.165) is 16.9 Å². The minimum atomic E-state index is -5.73. The third-order valence-corrected chi connectivity index (χ3v) is 6.34. The fourth-order valence-corrected chi connectivity index (χ4v) is 3.84. The summed E-state index contributed by atoms with van der Waals surface area (Å²) in [6.45, 7) is 5.63. The number of likely N-dealkylation sites (N-methyl/N-ethyl adjacent to an activating group) is 1. The number of sulfonamides is 1. The number of hydrogen-bond acceptors (Lipinski definition) is 8. The van der Waals surface area contributed by atoms with Crippen LogP contribution in [-0.4, -0.2) is 37.2 Å². The van der Waals surface area contributed by atoms with Gasteiger partial charge < -0.3 is 9.62 Å². The summed E-state index contributed by atoms with van der Waals surface area (Å²) in [6.07, 6.45) is 0. The Labute approximate surface area is 163 Å². The summed E-state index contributed by atoms with van der Waals surface area (Å²) in [5, 5.41) is 16.1. The lowest BCUT2D eigenvalue weighted by molar-refractivity contribution is -0.0425. The van der Waals surface area contributed by atoms with Crippen molar-refractivity contribution in [3.8, 4) is 0 Å². The van der Waals surface area contributed by atoms with E-state index >= 15 is 0 Å². The van der Waals surface area contributed by atoms with Gasteiger partial charge in [0.15, 0.2) is 10.0 Å². The number of fused-ring (bicyclic) bond motifs is 1. The molecule has 0 saturated heterocycles. The average Bonchev–Trinajstić information content (AvgIpc) is 3.09. The van der Waals surface area contributed by atoms with Crippen molar-refractivity contribution in [1.29, 1.82) is 0 Å². The number of hydrogen-bond donors (Lipinski definition) is 0. The summed E-state index contributed by atoms with van der Waals surface area (Å²) in [7, 11) is -3.96. The van der Waals surface area contributed by atoms with Crippen LogP contribution in [0.15, 0.2) is 22.4 Å². The van der Waals surface area contributed by atoms with E-state index in [1.807, 2.05) is 18.7 Å². The first-order valence-corrected chi connectivity index (χ1v) is 10.3. The standard InChI is InChI=1S/C15H16F3N6O2S2/c1-7-8(2)24(4)13-6-12(23-28(25,26)15(16,17)18)11(5-10(7)13)20-22-14-21-19-9(3)27-14/h5-8H,1-4H3/q-1. The molecule has 2 unspecified atom stereocenters. The molecular formula is C15H16F3N6O2S2-. The third-order valence-electron chi connectivity index (χ3n) is 4.60. The van der Waals surface area contributed by atoms with Gasteiger partial charge in [-0.2, -0.15) is 13.2 Å². The normalized spacial score (nSPS) is 20.0. The molecule has 0 aliphatic carbocycles. The van der Waals surface area contributed by atoms with E-state index < -0.39 is 21.2 Å². The van der Waals surface area contributed by atoms with Gasteiger partial charge in [-0.15, -0.1) is 20.4 Å². The van der Waals surface area contributed by atoms with Crippen molar-refractivity contribution in [2.24, 2.45) is 10.2 Å². The summed E-state index contributed by atoms with van der Waals surface area (Å²) in [6, 6.07) is 2.88. The first-order valence-electron chi connectivity index (χ1n) is 8.07. The topological polar surface area (TPSA) is 102 Å². The monoisotopic (exact) mass is 433 g/mol. The highest BCUT2D eigenvalue weighted by Crippen LogP contribution is 2.48. The maximum absolute atomic E-state index is 12.8. The molecule has 152 valence electrons. The van der Waals surface area contributed by atoms with Gasteiger partial charge in [0.1, 0.15) is 5.01 Å². The van der Waals surface area contributed by atoms with Gasteiger partial charge in [0.05, 0.1) is 5.69 Å². The maximum atomic E-state index is 12.8. The lowest BCUT2D eigenvalue weighted by atomic mass is 9.97. The number of alkyl halides is 3. The Morgan fingerprint density at radius 2 is 1.89 bits per heavy atom. The lowest BCUT2D eigenvalue weighted by Gasteiger charge is -2.26. The van der Waals surface area contributed by atoms with Gasteiger partial charge in [-0.25, -0.2) is 8.42 Å². The van der Waals surface area contributed by atoms with Gasteiger partial charge in [0.2, 0.25) is 0 Å². The molecule has 13 heteroatoms. The van der Waals surface area contributed by atoms with Crippen molar-refractivity contribution >= 4 is 43.6 Å². The highest BCUT2D eigenvalue weighted by Gasteiger charge is 2.39. The fraction of sp³-hybridized carbons (Fsp3) is 0.467. The Bertz CT molecular complexity index is 1030. The second-order valence-corrected chi connectivity index (χ2v) is 9.11. The molecule has 2 aromatic rings. The van der Waals surface area contributed by atoms with Gasteiger partial charge in [-0.1, -0.05) is 30.0 Å². The molecule has 0 spiro atoms. The number of halogens is 3. The van der Waals surface area contributed by atoms with E-state index in [0.29, 0.717) is 10.7 Å². The molecule has 0 bridgehead atoms. The highest BCUT2D eigenvalue weighted by atomic mass is 32.2. The molecule has 0 amide bonds. The quantitative estimate of drug-likeness (QED) is 0.627. The molecule has 2 heterocycles. The number of aryl methyl sites for hydroxylation is 1. The minimum absolute atomic E-state index is 0.0611. The van der Waals surface area contributed by atoms with Crippen LogP contribution in [0.5, 0.6) is 0 Å². The SMILES string of the molecule is Cc1nnc(N=Nc2cc3c(cc2[N-]S(=O)(=O)C(F)(F)F)N(C)C(C)C3C)s1. The van der Waals surface area contributed by atoms with Crippen LogP contribution in [0.2, 0.25) is 0 Å². The number of benzene rings is 1. The number of nitrogens with zero attached hydrogens (tertiary/aromatic N) is 6. The minimum Gasteiger partial charge on any atom is -0.568 e.